The molecule has 1 aromatic heterocycles. The largest absolute Gasteiger partial charge is 0.444 e. The summed E-state index contributed by atoms with van der Waals surface area (Å²) in [6.07, 6.45) is 5.40. The van der Waals surface area contributed by atoms with E-state index in [0.29, 0.717) is 19.6 Å². The molecule has 0 aliphatic carbocycles. The van der Waals surface area contributed by atoms with E-state index in [2.05, 4.69) is 4.98 Å². The third-order valence-electron chi connectivity index (χ3n) is 5.15. The summed E-state index contributed by atoms with van der Waals surface area (Å²) in [5, 5.41) is 1.73. The number of carbonyl (C=O) groups is 1. The Morgan fingerprint density at radius 1 is 1.10 bits per heavy atom. The number of aromatic nitrogens is 1. The van der Waals surface area contributed by atoms with Crippen LogP contribution in [0.2, 0.25) is 0 Å². The number of fused-ring (bicyclic) bond motifs is 1. The van der Waals surface area contributed by atoms with Crippen LogP contribution in [0.25, 0.3) is 10.8 Å². The van der Waals surface area contributed by atoms with Gasteiger partial charge in [-0.3, -0.25) is 4.98 Å². The molecule has 164 valence electrons. The van der Waals surface area contributed by atoms with E-state index in [0.717, 1.165) is 30.0 Å². The molecule has 1 aromatic carbocycles. The summed E-state index contributed by atoms with van der Waals surface area (Å²) in [5.41, 5.74) is -0.593. The number of nitrogens with zero attached hydrogens (tertiary/aromatic N) is 3. The molecule has 7 nitrogen and oxygen atoms in total. The van der Waals surface area contributed by atoms with Gasteiger partial charge in [-0.05, 0) is 64.1 Å². The molecule has 0 bridgehead atoms. The van der Waals surface area contributed by atoms with Crippen molar-refractivity contribution < 1.29 is 17.9 Å². The second-order valence-corrected chi connectivity index (χ2v) is 10.7. The van der Waals surface area contributed by atoms with E-state index < -0.39 is 21.7 Å². The van der Waals surface area contributed by atoms with E-state index in [1.807, 2.05) is 27.7 Å². The van der Waals surface area contributed by atoms with Gasteiger partial charge in [-0.2, -0.15) is 4.31 Å². The second kappa shape index (κ2) is 8.89. The van der Waals surface area contributed by atoms with Crippen molar-refractivity contribution in [2.75, 3.05) is 19.6 Å². The van der Waals surface area contributed by atoms with Crippen molar-refractivity contribution in [2.24, 2.45) is 0 Å². The van der Waals surface area contributed by atoms with Crippen LogP contribution in [0, 0.1) is 0 Å². The highest BCUT2D eigenvalue weighted by Gasteiger charge is 2.33. The molecule has 0 radical (unpaired) electrons. The molecule has 2 heterocycles. The van der Waals surface area contributed by atoms with Gasteiger partial charge in [0.2, 0.25) is 10.0 Å². The number of benzene rings is 1. The molecule has 1 aliphatic rings. The maximum Gasteiger partial charge on any atom is 0.410 e. The van der Waals surface area contributed by atoms with Crippen LogP contribution in [0.15, 0.2) is 41.6 Å². The smallest absolute Gasteiger partial charge is 0.410 e. The van der Waals surface area contributed by atoms with Crippen LogP contribution in [0.5, 0.6) is 0 Å². The molecule has 0 spiro atoms. The van der Waals surface area contributed by atoms with Crippen LogP contribution in [0.4, 0.5) is 4.79 Å². The highest BCUT2D eigenvalue weighted by atomic mass is 32.2. The van der Waals surface area contributed by atoms with E-state index in [-0.39, 0.29) is 10.9 Å². The Morgan fingerprint density at radius 2 is 1.83 bits per heavy atom. The number of hydrogen-bond donors (Lipinski definition) is 0. The fraction of sp³-hybridized carbons (Fsp3) is 0.545. The van der Waals surface area contributed by atoms with Crippen molar-refractivity contribution in [3.63, 3.8) is 0 Å². The van der Waals surface area contributed by atoms with Crippen LogP contribution in [0.3, 0.4) is 0 Å². The molecule has 0 unspecified atom stereocenters. The fourth-order valence-corrected chi connectivity index (χ4v) is 5.37. The van der Waals surface area contributed by atoms with Gasteiger partial charge in [0.15, 0.2) is 0 Å². The molecule has 1 aliphatic heterocycles. The lowest BCUT2D eigenvalue weighted by Crippen LogP contribution is -2.47. The van der Waals surface area contributed by atoms with E-state index in [1.165, 1.54) is 4.31 Å². The van der Waals surface area contributed by atoms with Gasteiger partial charge in [0.05, 0.1) is 4.90 Å². The zero-order valence-corrected chi connectivity index (χ0v) is 19.0. The first kappa shape index (κ1) is 22.5. The zero-order chi connectivity index (χ0) is 21.9. The number of amides is 1. The Bertz CT molecular complexity index is 1000. The molecule has 1 fully saturated rings. The quantitative estimate of drug-likeness (QED) is 0.714. The molecule has 3 rings (SSSR count). The first-order valence-electron chi connectivity index (χ1n) is 10.4. The van der Waals surface area contributed by atoms with Gasteiger partial charge >= 0.3 is 6.09 Å². The number of pyridine rings is 1. The first-order chi connectivity index (χ1) is 14.1. The van der Waals surface area contributed by atoms with Crippen LogP contribution in [-0.4, -0.2) is 60.0 Å². The highest BCUT2D eigenvalue weighted by molar-refractivity contribution is 7.89. The standard InChI is InChI=1S/C22H31N3O4S/c1-17-16-24(21(26)29-22(2,3)4)12-6-5-7-13-25(17)30(27,28)20-9-8-19-15-23-11-10-18(19)14-20/h8-11,14-15,17H,5-7,12-13,16H2,1-4H3/t17-/m0/s1. The average molecular weight is 434 g/mol. The van der Waals surface area contributed by atoms with Crippen LogP contribution in [0.1, 0.15) is 47.0 Å². The summed E-state index contributed by atoms with van der Waals surface area (Å²) >= 11 is 0. The minimum atomic E-state index is -3.71. The SMILES string of the molecule is C[C@H]1CN(C(=O)OC(C)(C)C)CCCCCN1S(=O)(=O)c1ccc2cnccc2c1. The molecule has 0 N–H and O–H groups in total. The maximum atomic E-state index is 13.5. The molecule has 1 saturated heterocycles. The minimum Gasteiger partial charge on any atom is -0.444 e. The Balaban J connectivity index is 1.87. The van der Waals surface area contributed by atoms with Crippen LogP contribution < -0.4 is 0 Å². The van der Waals surface area contributed by atoms with Gasteiger partial charge in [-0.25, -0.2) is 13.2 Å². The van der Waals surface area contributed by atoms with E-state index in [9.17, 15) is 13.2 Å². The normalized spacial score (nSPS) is 19.7. The predicted molar refractivity (Wildman–Crippen MR) is 117 cm³/mol. The Kier molecular flexibility index (Phi) is 6.67. The Morgan fingerprint density at radius 3 is 2.57 bits per heavy atom. The van der Waals surface area contributed by atoms with Crippen molar-refractivity contribution in [1.82, 2.24) is 14.2 Å². The maximum absolute atomic E-state index is 13.5. The molecule has 1 amide bonds. The third-order valence-corrected chi connectivity index (χ3v) is 7.16. The summed E-state index contributed by atoms with van der Waals surface area (Å²) in [6.45, 7) is 8.64. The predicted octanol–water partition coefficient (Wildman–Crippen LogP) is 4.04. The summed E-state index contributed by atoms with van der Waals surface area (Å²) in [6, 6.07) is 6.54. The number of ether oxygens (including phenoxy) is 1. The summed E-state index contributed by atoms with van der Waals surface area (Å²) in [4.78, 5) is 18.6. The lowest BCUT2D eigenvalue weighted by Gasteiger charge is -2.32. The van der Waals surface area contributed by atoms with Crippen LogP contribution >= 0.6 is 0 Å². The van der Waals surface area contributed by atoms with Crippen molar-refractivity contribution in [3.8, 4) is 0 Å². The van der Waals surface area contributed by atoms with Gasteiger partial charge < -0.3 is 9.64 Å². The molecule has 1 atom stereocenters. The molecular weight excluding hydrogens is 402 g/mol. The monoisotopic (exact) mass is 433 g/mol. The van der Waals surface area contributed by atoms with Gasteiger partial charge in [0.25, 0.3) is 0 Å². The number of rotatable bonds is 2. The highest BCUT2D eigenvalue weighted by Crippen LogP contribution is 2.25. The van der Waals surface area contributed by atoms with Crippen molar-refractivity contribution in [2.45, 2.75) is 63.5 Å². The third kappa shape index (κ3) is 5.29. The lowest BCUT2D eigenvalue weighted by atomic mass is 10.2. The number of hydrogen-bond acceptors (Lipinski definition) is 5. The first-order valence-corrected chi connectivity index (χ1v) is 11.9. The van der Waals surface area contributed by atoms with Crippen molar-refractivity contribution in [3.05, 3.63) is 36.7 Å². The van der Waals surface area contributed by atoms with E-state index in [1.54, 1.807) is 41.6 Å². The molecule has 0 saturated carbocycles. The average Bonchev–Trinajstić information content (AvgIpc) is 2.76. The minimum absolute atomic E-state index is 0.260. The molecular formula is C22H31N3O4S. The van der Waals surface area contributed by atoms with Crippen molar-refractivity contribution >= 4 is 26.9 Å². The topological polar surface area (TPSA) is 79.8 Å². The van der Waals surface area contributed by atoms with E-state index in [4.69, 9.17) is 4.74 Å². The van der Waals surface area contributed by atoms with Crippen molar-refractivity contribution in [1.29, 1.82) is 0 Å². The fourth-order valence-electron chi connectivity index (χ4n) is 3.68. The lowest BCUT2D eigenvalue weighted by molar-refractivity contribution is 0.0222. The molecule has 8 heteroatoms. The second-order valence-electron chi connectivity index (χ2n) is 8.84. The van der Waals surface area contributed by atoms with Gasteiger partial charge in [-0.1, -0.05) is 12.5 Å². The number of carbonyl (C=O) groups excluding carboxylic acids is 1. The van der Waals surface area contributed by atoms with Gasteiger partial charge in [-0.15, -0.1) is 0 Å². The Hall–Kier alpha value is -2.19. The molecule has 30 heavy (non-hydrogen) atoms. The number of sulfonamides is 1. The molecule has 2 aromatic rings. The zero-order valence-electron chi connectivity index (χ0n) is 18.2. The summed E-state index contributed by atoms with van der Waals surface area (Å²) in [5.74, 6) is 0. The Labute approximate surface area is 179 Å². The van der Waals surface area contributed by atoms with E-state index >= 15 is 0 Å². The summed E-state index contributed by atoms with van der Waals surface area (Å²) < 4.78 is 34.1. The van der Waals surface area contributed by atoms with Gasteiger partial charge in [0, 0.05) is 43.5 Å². The van der Waals surface area contributed by atoms with Gasteiger partial charge in [0.1, 0.15) is 5.60 Å². The summed E-state index contributed by atoms with van der Waals surface area (Å²) in [7, 11) is -3.71. The van der Waals surface area contributed by atoms with Crippen LogP contribution in [-0.2, 0) is 14.8 Å².